The van der Waals surface area contributed by atoms with Crippen LogP contribution in [0.4, 0.5) is 11.4 Å². The van der Waals surface area contributed by atoms with Crippen molar-refractivity contribution in [3.63, 3.8) is 0 Å². The number of aromatic carboxylic acids is 1. The minimum Gasteiger partial charge on any atom is -0.478 e. The molecule has 206 valence electrons. The molecular formula is C30H37N5O4. The fraction of sp³-hybridized carbons (Fsp3) is 0.333. The number of carbonyl (C=O) groups excluding carboxylic acids is 1. The number of carboxylic acid groups (broad SMARTS) is 1. The molecule has 1 amide bonds. The Hall–Kier alpha value is -4.24. The maximum absolute atomic E-state index is 11.9. The molecule has 0 bridgehead atoms. The zero-order chi connectivity index (χ0) is 28.4. The van der Waals surface area contributed by atoms with Crippen LogP contribution < -0.4 is 10.2 Å². The van der Waals surface area contributed by atoms with Gasteiger partial charge < -0.3 is 24.6 Å². The van der Waals surface area contributed by atoms with Crippen LogP contribution in [0.2, 0.25) is 0 Å². The highest BCUT2D eigenvalue weighted by molar-refractivity contribution is 5.94. The first-order valence-corrected chi connectivity index (χ1v) is 13.0. The topological polar surface area (TPSA) is 112 Å². The number of furan rings is 1. The van der Waals surface area contributed by atoms with Gasteiger partial charge in [0.15, 0.2) is 0 Å². The number of benzene rings is 2. The van der Waals surface area contributed by atoms with E-state index in [2.05, 4.69) is 33.5 Å². The van der Waals surface area contributed by atoms with E-state index in [1.807, 2.05) is 51.0 Å². The standard InChI is InChI=1S/C23H31N5O2.C7H6O2/c1-6-7-23(29)25-17-8-9-22-21(13-17)20(16(2)30-22)10-11-28(5)15-18-12-19(27(3)4)14-24-26-18;8-7(9)6-4-2-1-3-5-6/h8-9,12-14H,6-7,10-11,15H2,1-5H3,(H,25,29);1-5H,(H,8,9). The van der Waals surface area contributed by atoms with Crippen LogP contribution in [0.15, 0.2) is 65.2 Å². The Labute approximate surface area is 229 Å². The Morgan fingerprint density at radius 3 is 2.44 bits per heavy atom. The van der Waals surface area contributed by atoms with E-state index < -0.39 is 5.97 Å². The number of likely N-dealkylation sites (N-methyl/N-ethyl adjacent to an activating group) is 1. The molecule has 0 aliphatic heterocycles. The number of anilines is 2. The second-order valence-electron chi connectivity index (χ2n) is 9.60. The number of hydrogen-bond acceptors (Lipinski definition) is 7. The van der Waals surface area contributed by atoms with Gasteiger partial charge in [-0.3, -0.25) is 4.79 Å². The fourth-order valence-corrected chi connectivity index (χ4v) is 4.07. The van der Waals surface area contributed by atoms with Crippen LogP contribution >= 0.6 is 0 Å². The number of rotatable bonds is 10. The van der Waals surface area contributed by atoms with Crippen LogP contribution in [0.5, 0.6) is 0 Å². The van der Waals surface area contributed by atoms with Gasteiger partial charge in [0.05, 0.1) is 23.1 Å². The number of nitrogens with zero attached hydrogens (tertiary/aromatic N) is 4. The predicted octanol–water partition coefficient (Wildman–Crippen LogP) is 5.40. The lowest BCUT2D eigenvalue weighted by Gasteiger charge is -2.17. The summed E-state index contributed by atoms with van der Waals surface area (Å²) in [6.45, 7) is 5.58. The third kappa shape index (κ3) is 8.65. The lowest BCUT2D eigenvalue weighted by atomic mass is 10.1. The first-order valence-electron chi connectivity index (χ1n) is 13.0. The quantitative estimate of drug-likeness (QED) is 0.280. The number of aromatic nitrogens is 2. The number of aryl methyl sites for hydroxylation is 1. The molecular weight excluding hydrogens is 494 g/mol. The van der Waals surface area contributed by atoms with Crippen molar-refractivity contribution >= 4 is 34.2 Å². The maximum atomic E-state index is 11.9. The van der Waals surface area contributed by atoms with Crippen molar-refractivity contribution in [2.24, 2.45) is 0 Å². The van der Waals surface area contributed by atoms with Gasteiger partial charge in [-0.25, -0.2) is 4.79 Å². The van der Waals surface area contributed by atoms with E-state index in [9.17, 15) is 9.59 Å². The van der Waals surface area contributed by atoms with E-state index in [0.29, 0.717) is 12.0 Å². The monoisotopic (exact) mass is 531 g/mol. The van der Waals surface area contributed by atoms with Crippen molar-refractivity contribution in [1.82, 2.24) is 15.1 Å². The zero-order valence-electron chi connectivity index (χ0n) is 23.3. The average Bonchev–Trinajstić information content (AvgIpc) is 3.22. The highest BCUT2D eigenvalue weighted by Crippen LogP contribution is 2.29. The summed E-state index contributed by atoms with van der Waals surface area (Å²) in [5.74, 6) is 0.0832. The summed E-state index contributed by atoms with van der Waals surface area (Å²) in [5, 5.41) is 20.8. The van der Waals surface area contributed by atoms with Crippen molar-refractivity contribution in [2.45, 2.75) is 39.7 Å². The van der Waals surface area contributed by atoms with E-state index in [0.717, 1.165) is 59.7 Å². The summed E-state index contributed by atoms with van der Waals surface area (Å²) in [7, 11) is 6.07. The predicted molar refractivity (Wildman–Crippen MR) is 154 cm³/mol. The van der Waals surface area contributed by atoms with Gasteiger partial charge in [0, 0.05) is 50.2 Å². The molecule has 0 aliphatic carbocycles. The number of hydrogen-bond donors (Lipinski definition) is 2. The molecule has 0 saturated carbocycles. The van der Waals surface area contributed by atoms with Gasteiger partial charge >= 0.3 is 5.97 Å². The van der Waals surface area contributed by atoms with Gasteiger partial charge in [0.25, 0.3) is 0 Å². The molecule has 0 unspecified atom stereocenters. The lowest BCUT2D eigenvalue weighted by molar-refractivity contribution is -0.116. The summed E-state index contributed by atoms with van der Waals surface area (Å²) in [4.78, 5) is 26.4. The van der Waals surface area contributed by atoms with E-state index in [-0.39, 0.29) is 5.91 Å². The van der Waals surface area contributed by atoms with Crippen LogP contribution in [-0.4, -0.2) is 59.8 Å². The third-order valence-corrected chi connectivity index (χ3v) is 6.16. The van der Waals surface area contributed by atoms with E-state index in [1.54, 1.807) is 36.5 Å². The number of carbonyl (C=O) groups is 2. The minimum absolute atomic E-state index is 0.0411. The van der Waals surface area contributed by atoms with Gasteiger partial charge in [-0.2, -0.15) is 10.2 Å². The van der Waals surface area contributed by atoms with Gasteiger partial charge in [-0.1, -0.05) is 25.1 Å². The van der Waals surface area contributed by atoms with Crippen LogP contribution in [0.1, 0.15) is 47.1 Å². The fourth-order valence-electron chi connectivity index (χ4n) is 4.07. The van der Waals surface area contributed by atoms with Crippen LogP contribution in [0.25, 0.3) is 11.0 Å². The minimum atomic E-state index is -0.879. The van der Waals surface area contributed by atoms with Crippen LogP contribution in [0.3, 0.4) is 0 Å². The number of nitrogens with one attached hydrogen (secondary N) is 1. The Kier molecular flexibility index (Phi) is 10.6. The zero-order valence-corrected chi connectivity index (χ0v) is 23.3. The molecule has 0 aliphatic rings. The maximum Gasteiger partial charge on any atom is 0.335 e. The molecule has 0 radical (unpaired) electrons. The number of fused-ring (bicyclic) bond motifs is 1. The summed E-state index contributed by atoms with van der Waals surface area (Å²) >= 11 is 0. The first-order chi connectivity index (χ1) is 18.7. The van der Waals surface area contributed by atoms with Crippen molar-refractivity contribution in [1.29, 1.82) is 0 Å². The van der Waals surface area contributed by atoms with Gasteiger partial charge in [0.2, 0.25) is 5.91 Å². The SMILES string of the molecule is CCCC(=O)Nc1ccc2oc(C)c(CCN(C)Cc3cc(N(C)C)cnn3)c2c1.O=C(O)c1ccccc1. The average molecular weight is 532 g/mol. The third-order valence-electron chi connectivity index (χ3n) is 6.16. The largest absolute Gasteiger partial charge is 0.478 e. The second-order valence-corrected chi connectivity index (χ2v) is 9.60. The van der Waals surface area contributed by atoms with E-state index >= 15 is 0 Å². The van der Waals surface area contributed by atoms with E-state index in [1.165, 1.54) is 5.56 Å². The van der Waals surface area contributed by atoms with Crippen molar-refractivity contribution < 1.29 is 19.1 Å². The first kappa shape index (κ1) is 29.3. The molecule has 4 aromatic rings. The molecule has 0 spiro atoms. The van der Waals surface area contributed by atoms with Gasteiger partial charge in [-0.05, 0) is 63.2 Å². The Morgan fingerprint density at radius 1 is 1.05 bits per heavy atom. The molecule has 2 aromatic heterocycles. The number of carboxylic acids is 1. The molecule has 0 fully saturated rings. The summed E-state index contributed by atoms with van der Waals surface area (Å²) in [5.41, 5.74) is 5.16. The van der Waals surface area contributed by atoms with Crippen LogP contribution in [-0.2, 0) is 17.8 Å². The Bertz CT molecular complexity index is 1380. The summed E-state index contributed by atoms with van der Waals surface area (Å²) in [6, 6.07) is 16.2. The molecule has 9 heteroatoms. The summed E-state index contributed by atoms with van der Waals surface area (Å²) in [6.07, 6.45) is 3.97. The molecule has 9 nitrogen and oxygen atoms in total. The highest BCUT2D eigenvalue weighted by Gasteiger charge is 2.14. The highest BCUT2D eigenvalue weighted by atomic mass is 16.4. The lowest BCUT2D eigenvalue weighted by Crippen LogP contribution is -2.22. The number of amides is 1. The second kappa shape index (κ2) is 14.1. The molecule has 2 N–H and O–H groups in total. The molecule has 39 heavy (non-hydrogen) atoms. The molecule has 0 atom stereocenters. The Morgan fingerprint density at radius 2 is 1.79 bits per heavy atom. The van der Waals surface area contributed by atoms with Crippen LogP contribution in [0, 0.1) is 6.92 Å². The summed E-state index contributed by atoms with van der Waals surface area (Å²) < 4.78 is 5.94. The van der Waals surface area contributed by atoms with Crippen molar-refractivity contribution in [3.8, 4) is 0 Å². The van der Waals surface area contributed by atoms with E-state index in [4.69, 9.17) is 9.52 Å². The molecule has 0 saturated heterocycles. The smallest absolute Gasteiger partial charge is 0.335 e. The van der Waals surface area contributed by atoms with Gasteiger partial charge in [-0.15, -0.1) is 0 Å². The van der Waals surface area contributed by atoms with Gasteiger partial charge in [0.1, 0.15) is 11.3 Å². The molecule has 4 rings (SSSR count). The van der Waals surface area contributed by atoms with Crippen molar-refractivity contribution in [3.05, 3.63) is 83.4 Å². The Balaban J connectivity index is 0.000000395. The molecule has 2 heterocycles. The normalized spacial score (nSPS) is 10.7. The molecule has 2 aromatic carbocycles. The van der Waals surface area contributed by atoms with Crippen molar-refractivity contribution in [2.75, 3.05) is 37.9 Å².